The molecule has 0 aliphatic heterocycles. The molecule has 0 unspecified atom stereocenters. The van der Waals surface area contributed by atoms with Gasteiger partial charge in [-0.25, -0.2) is 8.78 Å². The van der Waals surface area contributed by atoms with Gasteiger partial charge in [-0.2, -0.15) is 0 Å². The summed E-state index contributed by atoms with van der Waals surface area (Å²) in [6.07, 6.45) is 0.453. The highest BCUT2D eigenvalue weighted by atomic mass is 35.5. The molecule has 2 aromatic rings. The SMILES string of the molecule is CN(Cc1ccc(Cl)cc1)c1c(F)cc(CCN)cc1F. The Morgan fingerprint density at radius 2 is 1.62 bits per heavy atom. The molecule has 0 aliphatic carbocycles. The van der Waals surface area contributed by atoms with Crippen molar-refractivity contribution >= 4 is 17.3 Å². The van der Waals surface area contributed by atoms with E-state index >= 15 is 0 Å². The zero-order chi connectivity index (χ0) is 15.4. The third-order valence-corrected chi connectivity index (χ3v) is 3.48. The minimum Gasteiger partial charge on any atom is -0.366 e. The van der Waals surface area contributed by atoms with Gasteiger partial charge in [-0.15, -0.1) is 0 Å². The Morgan fingerprint density at radius 1 is 1.05 bits per heavy atom. The van der Waals surface area contributed by atoms with Crippen LogP contribution in [0.2, 0.25) is 5.02 Å². The predicted octanol–water partition coefficient (Wildman–Crippen LogP) is 3.76. The van der Waals surface area contributed by atoms with Gasteiger partial charge in [0, 0.05) is 18.6 Å². The highest BCUT2D eigenvalue weighted by molar-refractivity contribution is 6.30. The molecule has 2 rings (SSSR count). The summed E-state index contributed by atoms with van der Waals surface area (Å²) in [5.74, 6) is -1.15. The lowest BCUT2D eigenvalue weighted by atomic mass is 10.1. The van der Waals surface area contributed by atoms with Crippen LogP contribution in [0.4, 0.5) is 14.5 Å². The van der Waals surface area contributed by atoms with E-state index in [9.17, 15) is 8.78 Å². The molecule has 2 N–H and O–H groups in total. The first kappa shape index (κ1) is 15.7. The third-order valence-electron chi connectivity index (χ3n) is 3.22. The lowest BCUT2D eigenvalue weighted by Gasteiger charge is -2.21. The number of rotatable bonds is 5. The van der Waals surface area contributed by atoms with Gasteiger partial charge in [-0.05, 0) is 48.4 Å². The van der Waals surface area contributed by atoms with Crippen molar-refractivity contribution in [3.63, 3.8) is 0 Å². The molecule has 0 fully saturated rings. The lowest BCUT2D eigenvalue weighted by Crippen LogP contribution is -2.19. The number of halogens is 3. The molecule has 0 atom stereocenters. The minimum absolute atomic E-state index is 0.0364. The van der Waals surface area contributed by atoms with Crippen molar-refractivity contribution in [1.29, 1.82) is 0 Å². The molecule has 2 nitrogen and oxygen atoms in total. The Balaban J connectivity index is 2.22. The van der Waals surface area contributed by atoms with E-state index < -0.39 is 11.6 Å². The maximum atomic E-state index is 14.1. The first-order chi connectivity index (χ1) is 10.0. The summed E-state index contributed by atoms with van der Waals surface area (Å²) in [5.41, 5.74) is 6.86. The molecule has 0 aromatic heterocycles. The standard InChI is InChI=1S/C16H17ClF2N2/c1-21(10-11-2-4-13(17)5-3-11)16-14(18)8-12(6-7-20)9-15(16)19/h2-5,8-9H,6-7,10,20H2,1H3. The van der Waals surface area contributed by atoms with Crippen molar-refractivity contribution in [3.05, 3.63) is 64.2 Å². The maximum absolute atomic E-state index is 14.1. The average molecular weight is 311 g/mol. The van der Waals surface area contributed by atoms with E-state index in [0.29, 0.717) is 30.1 Å². The summed E-state index contributed by atoms with van der Waals surface area (Å²) in [4.78, 5) is 1.54. The van der Waals surface area contributed by atoms with Gasteiger partial charge in [0.15, 0.2) is 0 Å². The third kappa shape index (κ3) is 3.93. The first-order valence-corrected chi connectivity index (χ1v) is 7.02. The van der Waals surface area contributed by atoms with Gasteiger partial charge in [0.05, 0.1) is 0 Å². The van der Waals surface area contributed by atoms with E-state index in [0.717, 1.165) is 5.56 Å². The van der Waals surface area contributed by atoms with Crippen LogP contribution in [0.5, 0.6) is 0 Å². The van der Waals surface area contributed by atoms with Crippen LogP contribution in [0.15, 0.2) is 36.4 Å². The van der Waals surface area contributed by atoms with Gasteiger partial charge in [0.2, 0.25) is 0 Å². The highest BCUT2D eigenvalue weighted by Gasteiger charge is 2.15. The summed E-state index contributed by atoms with van der Waals surface area (Å²) in [5, 5.41) is 0.630. The summed E-state index contributed by atoms with van der Waals surface area (Å²) >= 11 is 5.82. The van der Waals surface area contributed by atoms with Crippen molar-refractivity contribution in [2.75, 3.05) is 18.5 Å². The van der Waals surface area contributed by atoms with Crippen molar-refractivity contribution in [1.82, 2.24) is 0 Å². The van der Waals surface area contributed by atoms with Crippen molar-refractivity contribution in [2.24, 2.45) is 5.73 Å². The van der Waals surface area contributed by atoms with Gasteiger partial charge in [-0.3, -0.25) is 0 Å². The summed E-state index contributed by atoms with van der Waals surface area (Å²) < 4.78 is 28.2. The molecular formula is C16H17ClF2N2. The average Bonchev–Trinajstić information content (AvgIpc) is 2.41. The van der Waals surface area contributed by atoms with Crippen LogP contribution in [0.1, 0.15) is 11.1 Å². The fourth-order valence-electron chi connectivity index (χ4n) is 2.24. The predicted molar refractivity (Wildman–Crippen MR) is 82.7 cm³/mol. The Morgan fingerprint density at radius 3 is 2.14 bits per heavy atom. The van der Waals surface area contributed by atoms with Gasteiger partial charge in [-0.1, -0.05) is 23.7 Å². The number of nitrogens with zero attached hydrogens (tertiary/aromatic N) is 1. The molecule has 0 saturated heterocycles. The normalized spacial score (nSPS) is 10.7. The largest absolute Gasteiger partial charge is 0.366 e. The number of hydrogen-bond acceptors (Lipinski definition) is 2. The van der Waals surface area contributed by atoms with Crippen molar-refractivity contribution in [3.8, 4) is 0 Å². The van der Waals surface area contributed by atoms with E-state index in [-0.39, 0.29) is 5.69 Å². The monoisotopic (exact) mass is 310 g/mol. The summed E-state index contributed by atoms with van der Waals surface area (Å²) in [6, 6.07) is 9.84. The molecule has 112 valence electrons. The second-order valence-electron chi connectivity index (χ2n) is 4.93. The Hall–Kier alpha value is -1.65. The summed E-state index contributed by atoms with van der Waals surface area (Å²) in [6.45, 7) is 0.750. The molecule has 21 heavy (non-hydrogen) atoms. The number of anilines is 1. The topological polar surface area (TPSA) is 29.3 Å². The van der Waals surface area contributed by atoms with E-state index in [1.54, 1.807) is 24.1 Å². The summed E-state index contributed by atoms with van der Waals surface area (Å²) in [7, 11) is 1.65. The highest BCUT2D eigenvalue weighted by Crippen LogP contribution is 2.26. The van der Waals surface area contributed by atoms with Crippen LogP contribution in [0, 0.1) is 11.6 Å². The molecule has 0 saturated carbocycles. The van der Waals surface area contributed by atoms with Crippen LogP contribution < -0.4 is 10.6 Å². The number of hydrogen-bond donors (Lipinski definition) is 1. The quantitative estimate of drug-likeness (QED) is 0.911. The Labute approximate surface area is 128 Å². The molecule has 0 bridgehead atoms. The number of nitrogens with two attached hydrogens (primary N) is 1. The second-order valence-corrected chi connectivity index (χ2v) is 5.37. The zero-order valence-corrected chi connectivity index (χ0v) is 12.5. The maximum Gasteiger partial charge on any atom is 0.149 e. The molecule has 0 aliphatic rings. The van der Waals surface area contributed by atoms with Crippen molar-refractivity contribution < 1.29 is 8.78 Å². The van der Waals surface area contributed by atoms with Crippen LogP contribution >= 0.6 is 11.6 Å². The smallest absolute Gasteiger partial charge is 0.149 e. The van der Waals surface area contributed by atoms with Crippen LogP contribution in [-0.4, -0.2) is 13.6 Å². The zero-order valence-electron chi connectivity index (χ0n) is 11.7. The van der Waals surface area contributed by atoms with Crippen LogP contribution in [0.3, 0.4) is 0 Å². The van der Waals surface area contributed by atoms with Crippen molar-refractivity contribution in [2.45, 2.75) is 13.0 Å². The van der Waals surface area contributed by atoms with E-state index in [1.807, 2.05) is 12.1 Å². The van der Waals surface area contributed by atoms with E-state index in [4.69, 9.17) is 17.3 Å². The van der Waals surface area contributed by atoms with Gasteiger partial charge in [0.25, 0.3) is 0 Å². The van der Waals surface area contributed by atoms with Gasteiger partial charge < -0.3 is 10.6 Å². The number of benzene rings is 2. The fraction of sp³-hybridized carbons (Fsp3) is 0.250. The van der Waals surface area contributed by atoms with Crippen LogP contribution in [0.25, 0.3) is 0 Å². The fourth-order valence-corrected chi connectivity index (χ4v) is 2.36. The van der Waals surface area contributed by atoms with E-state index in [2.05, 4.69) is 0 Å². The molecule has 2 aromatic carbocycles. The van der Waals surface area contributed by atoms with Gasteiger partial charge in [0.1, 0.15) is 17.3 Å². The second kappa shape index (κ2) is 6.87. The van der Waals surface area contributed by atoms with E-state index in [1.165, 1.54) is 12.1 Å². The molecule has 0 amide bonds. The molecule has 0 heterocycles. The molecular weight excluding hydrogens is 294 g/mol. The Bertz CT molecular complexity index is 591. The molecule has 0 radical (unpaired) electrons. The van der Waals surface area contributed by atoms with Crippen LogP contribution in [-0.2, 0) is 13.0 Å². The molecule has 5 heteroatoms. The lowest BCUT2D eigenvalue weighted by molar-refractivity contribution is 0.573. The molecule has 0 spiro atoms. The first-order valence-electron chi connectivity index (χ1n) is 6.65. The Kier molecular flexibility index (Phi) is 5.15. The minimum atomic E-state index is -0.574. The van der Waals surface area contributed by atoms with Gasteiger partial charge >= 0.3 is 0 Å².